The summed E-state index contributed by atoms with van der Waals surface area (Å²) in [5, 5.41) is 3.04. The fourth-order valence-corrected chi connectivity index (χ4v) is 2.63. The summed E-state index contributed by atoms with van der Waals surface area (Å²) in [6.07, 6.45) is 3.37. The fourth-order valence-electron chi connectivity index (χ4n) is 2.63. The van der Waals surface area contributed by atoms with Crippen LogP contribution in [-0.2, 0) is 7.05 Å². The molecule has 0 aliphatic heterocycles. The van der Waals surface area contributed by atoms with Crippen molar-refractivity contribution in [1.29, 1.82) is 0 Å². The van der Waals surface area contributed by atoms with Gasteiger partial charge in [-0.15, -0.1) is 0 Å². The Balaban J connectivity index is 1.91. The number of rotatable bonds is 4. The number of aromatic amines is 1. The first-order valence-corrected chi connectivity index (χ1v) is 7.70. The molecule has 0 unspecified atom stereocenters. The minimum atomic E-state index is -0.202. The van der Waals surface area contributed by atoms with E-state index in [1.54, 1.807) is 24.0 Å². The van der Waals surface area contributed by atoms with Crippen molar-refractivity contribution in [2.45, 2.75) is 26.8 Å². The fraction of sp³-hybridized carbons (Fsp3) is 0.353. The number of nitrogens with one attached hydrogen (secondary N) is 2. The van der Waals surface area contributed by atoms with Crippen LogP contribution in [0.3, 0.4) is 0 Å². The number of hydrogen-bond acceptors (Lipinski definition) is 3. The van der Waals surface area contributed by atoms with Gasteiger partial charge in [0.1, 0.15) is 5.82 Å². The maximum atomic E-state index is 12.4. The number of amides is 1. The highest BCUT2D eigenvalue weighted by Crippen LogP contribution is 2.23. The zero-order chi connectivity index (χ0) is 16.6. The first-order valence-electron chi connectivity index (χ1n) is 7.70. The predicted octanol–water partition coefficient (Wildman–Crippen LogP) is 2.73. The van der Waals surface area contributed by atoms with E-state index in [4.69, 9.17) is 0 Å². The number of benzene rings is 1. The summed E-state index contributed by atoms with van der Waals surface area (Å²) in [4.78, 5) is 24.5. The molecule has 0 aliphatic rings. The molecule has 1 atom stereocenters. The Bertz CT molecular complexity index is 846. The third kappa shape index (κ3) is 2.97. The zero-order valence-electron chi connectivity index (χ0n) is 13.8. The Labute approximate surface area is 135 Å². The van der Waals surface area contributed by atoms with Crippen LogP contribution < -0.4 is 5.32 Å². The third-order valence-electron chi connectivity index (χ3n) is 3.93. The number of H-pyrrole nitrogens is 1. The molecule has 0 radical (unpaired) electrons. The van der Waals surface area contributed by atoms with E-state index in [-0.39, 0.29) is 17.9 Å². The molecule has 120 valence electrons. The third-order valence-corrected chi connectivity index (χ3v) is 3.93. The molecule has 2 aromatic heterocycles. The van der Waals surface area contributed by atoms with Gasteiger partial charge in [-0.25, -0.2) is 9.97 Å². The summed E-state index contributed by atoms with van der Waals surface area (Å²) < 4.78 is 1.70. The largest absolute Gasteiger partial charge is 0.340 e. The van der Waals surface area contributed by atoms with Gasteiger partial charge in [0, 0.05) is 19.4 Å². The number of aryl methyl sites for hydroxylation is 2. The second-order valence-corrected chi connectivity index (χ2v) is 6.20. The first-order chi connectivity index (χ1) is 11.0. The molecule has 0 fully saturated rings. The topological polar surface area (TPSA) is 75.6 Å². The van der Waals surface area contributed by atoms with E-state index in [2.05, 4.69) is 40.2 Å². The zero-order valence-corrected chi connectivity index (χ0v) is 13.8. The minimum Gasteiger partial charge on any atom is -0.340 e. The van der Waals surface area contributed by atoms with Crippen molar-refractivity contribution in [2.75, 3.05) is 0 Å². The molecule has 2 N–H and O–H groups in total. The Morgan fingerprint density at radius 1 is 1.35 bits per heavy atom. The molecule has 1 aromatic carbocycles. The molecule has 3 rings (SSSR count). The molecule has 0 bridgehead atoms. The average molecular weight is 311 g/mol. The Kier molecular flexibility index (Phi) is 3.90. The Hall–Kier alpha value is -2.63. The van der Waals surface area contributed by atoms with Crippen LogP contribution in [0, 0.1) is 12.8 Å². The van der Waals surface area contributed by atoms with E-state index < -0.39 is 0 Å². The highest BCUT2D eigenvalue weighted by Gasteiger charge is 2.23. The number of fused-ring (bicyclic) bond motifs is 1. The lowest BCUT2D eigenvalue weighted by atomic mass is 10.0. The lowest BCUT2D eigenvalue weighted by Crippen LogP contribution is -2.34. The van der Waals surface area contributed by atoms with Crippen molar-refractivity contribution in [3.05, 3.63) is 47.8 Å². The van der Waals surface area contributed by atoms with Crippen molar-refractivity contribution in [3.8, 4) is 0 Å². The van der Waals surface area contributed by atoms with Gasteiger partial charge in [-0.05, 0) is 30.5 Å². The van der Waals surface area contributed by atoms with Gasteiger partial charge < -0.3 is 14.9 Å². The van der Waals surface area contributed by atoms with Gasteiger partial charge >= 0.3 is 0 Å². The van der Waals surface area contributed by atoms with Crippen LogP contribution in [0.25, 0.3) is 11.0 Å². The number of carbonyl (C=O) groups is 1. The van der Waals surface area contributed by atoms with Gasteiger partial charge in [-0.3, -0.25) is 4.79 Å². The number of carbonyl (C=O) groups excluding carboxylic acids is 1. The lowest BCUT2D eigenvalue weighted by Gasteiger charge is -2.20. The highest BCUT2D eigenvalue weighted by atomic mass is 16.2. The minimum absolute atomic E-state index is 0.195. The SMILES string of the molecule is Cc1ccc2nc([C@H](NC(=O)c3nccn3C)C(C)C)[nH]c2c1. The van der Waals surface area contributed by atoms with Gasteiger partial charge in [0.15, 0.2) is 5.82 Å². The average Bonchev–Trinajstić information content (AvgIpc) is 3.09. The molecule has 3 aromatic rings. The van der Waals surface area contributed by atoms with E-state index in [1.807, 2.05) is 19.1 Å². The van der Waals surface area contributed by atoms with Crippen molar-refractivity contribution < 1.29 is 4.79 Å². The van der Waals surface area contributed by atoms with E-state index in [1.165, 1.54) is 5.56 Å². The van der Waals surface area contributed by atoms with Crippen molar-refractivity contribution >= 4 is 16.9 Å². The van der Waals surface area contributed by atoms with Gasteiger partial charge in [0.05, 0.1) is 17.1 Å². The second kappa shape index (κ2) is 5.87. The van der Waals surface area contributed by atoms with E-state index in [0.717, 1.165) is 16.9 Å². The van der Waals surface area contributed by atoms with Crippen LogP contribution in [0.1, 0.15) is 41.9 Å². The summed E-state index contributed by atoms with van der Waals surface area (Å²) in [5.74, 6) is 1.15. The van der Waals surface area contributed by atoms with Gasteiger partial charge in [0.25, 0.3) is 5.91 Å². The van der Waals surface area contributed by atoms with E-state index in [0.29, 0.717) is 5.82 Å². The first kappa shape index (κ1) is 15.3. The van der Waals surface area contributed by atoms with Crippen LogP contribution >= 0.6 is 0 Å². The van der Waals surface area contributed by atoms with Gasteiger partial charge in [-0.2, -0.15) is 0 Å². The molecule has 0 saturated heterocycles. The molecule has 6 nitrogen and oxygen atoms in total. The van der Waals surface area contributed by atoms with E-state index >= 15 is 0 Å². The van der Waals surface area contributed by atoms with Gasteiger partial charge in [-0.1, -0.05) is 19.9 Å². The van der Waals surface area contributed by atoms with Crippen LogP contribution in [0.5, 0.6) is 0 Å². The van der Waals surface area contributed by atoms with Crippen LogP contribution in [0.4, 0.5) is 0 Å². The van der Waals surface area contributed by atoms with Crippen molar-refractivity contribution in [3.63, 3.8) is 0 Å². The Morgan fingerprint density at radius 2 is 2.13 bits per heavy atom. The molecule has 0 saturated carbocycles. The maximum Gasteiger partial charge on any atom is 0.287 e. The maximum absolute atomic E-state index is 12.4. The van der Waals surface area contributed by atoms with Crippen LogP contribution in [0.2, 0.25) is 0 Å². The summed E-state index contributed by atoms with van der Waals surface area (Å²) in [6, 6.07) is 5.88. The summed E-state index contributed by atoms with van der Waals surface area (Å²) in [5.41, 5.74) is 3.06. The standard InChI is InChI=1S/C17H21N5O/c1-10(2)14(21-17(23)16-18-7-8-22(16)4)15-19-12-6-5-11(3)9-13(12)20-15/h5-10,14H,1-4H3,(H,19,20)(H,21,23)/t14-/m1/s1. The predicted molar refractivity (Wildman–Crippen MR) is 89.1 cm³/mol. The Morgan fingerprint density at radius 3 is 2.78 bits per heavy atom. The van der Waals surface area contributed by atoms with Crippen molar-refractivity contribution in [2.24, 2.45) is 13.0 Å². The molecule has 23 heavy (non-hydrogen) atoms. The smallest absolute Gasteiger partial charge is 0.287 e. The number of hydrogen-bond donors (Lipinski definition) is 2. The lowest BCUT2D eigenvalue weighted by molar-refractivity contribution is 0.0909. The molecule has 6 heteroatoms. The van der Waals surface area contributed by atoms with Crippen LogP contribution in [0.15, 0.2) is 30.6 Å². The van der Waals surface area contributed by atoms with Crippen molar-refractivity contribution in [1.82, 2.24) is 24.8 Å². The monoisotopic (exact) mass is 311 g/mol. The quantitative estimate of drug-likeness (QED) is 0.778. The molecule has 2 heterocycles. The molecule has 0 aliphatic carbocycles. The molecule has 1 amide bonds. The number of aromatic nitrogens is 4. The number of imidazole rings is 2. The molecular weight excluding hydrogens is 290 g/mol. The highest BCUT2D eigenvalue weighted by molar-refractivity contribution is 5.91. The molecule has 0 spiro atoms. The normalized spacial score (nSPS) is 12.7. The summed E-state index contributed by atoms with van der Waals surface area (Å²) in [7, 11) is 1.80. The van der Waals surface area contributed by atoms with Gasteiger partial charge in [0.2, 0.25) is 0 Å². The summed E-state index contributed by atoms with van der Waals surface area (Å²) >= 11 is 0. The second-order valence-electron chi connectivity index (χ2n) is 6.20. The molecular formula is C17H21N5O. The number of nitrogens with zero attached hydrogens (tertiary/aromatic N) is 3. The van der Waals surface area contributed by atoms with Crippen LogP contribution in [-0.4, -0.2) is 25.4 Å². The summed E-state index contributed by atoms with van der Waals surface area (Å²) in [6.45, 7) is 6.16. The van der Waals surface area contributed by atoms with E-state index in [9.17, 15) is 4.79 Å².